The third kappa shape index (κ3) is 4.27. The molecule has 18 heavy (non-hydrogen) atoms. The average Bonchev–Trinajstić information content (AvgIpc) is 2.42. The summed E-state index contributed by atoms with van der Waals surface area (Å²) in [4.78, 5) is 21.5. The lowest BCUT2D eigenvalue weighted by atomic mass is 10.2. The van der Waals surface area contributed by atoms with E-state index in [1.165, 1.54) is 12.4 Å². The predicted molar refractivity (Wildman–Crippen MR) is 67.7 cm³/mol. The molecule has 0 radical (unpaired) electrons. The first-order valence-electron chi connectivity index (χ1n) is 5.84. The van der Waals surface area contributed by atoms with Gasteiger partial charge in [-0.05, 0) is 19.3 Å². The Balaban J connectivity index is 2.51. The molecule has 0 aliphatic rings. The minimum atomic E-state index is -0.191. The van der Waals surface area contributed by atoms with Gasteiger partial charge in [-0.25, -0.2) is 10.8 Å². The Labute approximate surface area is 106 Å². The van der Waals surface area contributed by atoms with E-state index in [1.807, 2.05) is 0 Å². The average molecular weight is 253 g/mol. The van der Waals surface area contributed by atoms with Crippen molar-refractivity contribution in [3.8, 4) is 0 Å². The molecule has 0 aliphatic heterocycles. The normalized spacial score (nSPS) is 10.2. The fourth-order valence-corrected chi connectivity index (χ4v) is 1.47. The van der Waals surface area contributed by atoms with E-state index in [4.69, 9.17) is 10.9 Å². The molecule has 4 N–H and O–H groups in total. The van der Waals surface area contributed by atoms with Gasteiger partial charge in [-0.15, -0.1) is 0 Å². The van der Waals surface area contributed by atoms with Crippen LogP contribution in [0.5, 0.6) is 0 Å². The maximum Gasteiger partial charge on any atom is 0.273 e. The third-order valence-electron chi connectivity index (χ3n) is 2.50. The van der Waals surface area contributed by atoms with Crippen LogP contribution in [0.4, 0.5) is 5.82 Å². The minimum Gasteiger partial charge on any atom is -0.396 e. The van der Waals surface area contributed by atoms with Crippen molar-refractivity contribution in [1.29, 1.82) is 0 Å². The Morgan fingerprint density at radius 2 is 2.22 bits per heavy atom. The first-order chi connectivity index (χ1) is 8.69. The number of rotatable bonds is 7. The molecule has 0 aliphatic carbocycles. The zero-order valence-corrected chi connectivity index (χ0v) is 10.5. The van der Waals surface area contributed by atoms with Gasteiger partial charge in [0, 0.05) is 20.2 Å². The van der Waals surface area contributed by atoms with Crippen molar-refractivity contribution in [2.45, 2.75) is 19.3 Å². The molecule has 1 amide bonds. The van der Waals surface area contributed by atoms with Crippen molar-refractivity contribution in [3.05, 3.63) is 18.1 Å². The number of nitrogens with one attached hydrogen (secondary N) is 1. The van der Waals surface area contributed by atoms with E-state index in [1.54, 1.807) is 11.9 Å². The van der Waals surface area contributed by atoms with Crippen LogP contribution in [0.3, 0.4) is 0 Å². The maximum atomic E-state index is 12.0. The molecule has 7 nitrogen and oxygen atoms in total. The molecular weight excluding hydrogens is 234 g/mol. The minimum absolute atomic E-state index is 0.188. The van der Waals surface area contributed by atoms with Crippen molar-refractivity contribution in [2.24, 2.45) is 5.84 Å². The first kappa shape index (κ1) is 14.3. The highest BCUT2D eigenvalue weighted by atomic mass is 16.2. The summed E-state index contributed by atoms with van der Waals surface area (Å²) in [7, 11) is 1.71. The number of anilines is 1. The molecular formula is C11H19N5O2. The van der Waals surface area contributed by atoms with Crippen molar-refractivity contribution in [2.75, 3.05) is 25.6 Å². The third-order valence-corrected chi connectivity index (χ3v) is 2.50. The monoisotopic (exact) mass is 253 g/mol. The Hall–Kier alpha value is -1.73. The number of nitrogen functional groups attached to an aromatic ring is 1. The van der Waals surface area contributed by atoms with Gasteiger partial charge in [0.1, 0.15) is 5.69 Å². The lowest BCUT2D eigenvalue weighted by Crippen LogP contribution is -2.29. The summed E-state index contributed by atoms with van der Waals surface area (Å²) in [6.45, 7) is 0.814. The molecule has 0 saturated heterocycles. The van der Waals surface area contributed by atoms with Crippen molar-refractivity contribution in [1.82, 2.24) is 14.9 Å². The zero-order valence-electron chi connectivity index (χ0n) is 10.5. The highest BCUT2D eigenvalue weighted by Crippen LogP contribution is 2.05. The summed E-state index contributed by atoms with van der Waals surface area (Å²) in [5, 5.41) is 8.66. The van der Waals surface area contributed by atoms with Crippen LogP contribution in [0.25, 0.3) is 0 Å². The van der Waals surface area contributed by atoms with Gasteiger partial charge < -0.3 is 15.4 Å². The number of aliphatic hydroxyl groups excluding tert-OH is 1. The number of hydrogen-bond donors (Lipinski definition) is 3. The van der Waals surface area contributed by atoms with Crippen molar-refractivity contribution in [3.63, 3.8) is 0 Å². The van der Waals surface area contributed by atoms with Crippen LogP contribution in [0, 0.1) is 0 Å². The van der Waals surface area contributed by atoms with Gasteiger partial charge in [0.05, 0.1) is 12.4 Å². The highest BCUT2D eigenvalue weighted by Gasteiger charge is 2.13. The Bertz CT molecular complexity index is 385. The number of aliphatic hydroxyl groups is 1. The molecule has 0 aromatic carbocycles. The Morgan fingerprint density at radius 1 is 1.44 bits per heavy atom. The fourth-order valence-electron chi connectivity index (χ4n) is 1.47. The maximum absolute atomic E-state index is 12.0. The molecule has 1 aromatic rings. The van der Waals surface area contributed by atoms with Crippen LogP contribution in [0.15, 0.2) is 12.4 Å². The quantitative estimate of drug-likeness (QED) is 0.359. The van der Waals surface area contributed by atoms with Gasteiger partial charge in [0.15, 0.2) is 5.82 Å². The Morgan fingerprint density at radius 3 is 2.89 bits per heavy atom. The molecule has 7 heteroatoms. The van der Waals surface area contributed by atoms with Gasteiger partial charge in [0.25, 0.3) is 5.91 Å². The van der Waals surface area contributed by atoms with Crippen LogP contribution >= 0.6 is 0 Å². The predicted octanol–water partition coefficient (Wildman–Crippen LogP) is -0.00320. The van der Waals surface area contributed by atoms with Gasteiger partial charge in [-0.2, -0.15) is 0 Å². The van der Waals surface area contributed by atoms with Crippen LogP contribution in [0.1, 0.15) is 29.8 Å². The summed E-state index contributed by atoms with van der Waals surface area (Å²) >= 11 is 0. The summed E-state index contributed by atoms with van der Waals surface area (Å²) < 4.78 is 0. The first-order valence-corrected chi connectivity index (χ1v) is 5.84. The number of nitrogens with zero attached hydrogens (tertiary/aromatic N) is 3. The number of amides is 1. The fraction of sp³-hybridized carbons (Fsp3) is 0.545. The van der Waals surface area contributed by atoms with Crippen LogP contribution in [-0.2, 0) is 0 Å². The summed E-state index contributed by atoms with van der Waals surface area (Å²) in [6.07, 6.45) is 5.36. The van der Waals surface area contributed by atoms with Crippen molar-refractivity contribution < 1.29 is 9.90 Å². The molecule has 0 bridgehead atoms. The van der Waals surface area contributed by atoms with E-state index in [0.29, 0.717) is 12.4 Å². The van der Waals surface area contributed by atoms with Gasteiger partial charge >= 0.3 is 0 Å². The van der Waals surface area contributed by atoms with Gasteiger partial charge in [-0.3, -0.25) is 9.78 Å². The van der Waals surface area contributed by atoms with Crippen LogP contribution in [0.2, 0.25) is 0 Å². The number of nitrogens with two attached hydrogens (primary N) is 1. The lowest BCUT2D eigenvalue weighted by molar-refractivity contribution is 0.0786. The second-order valence-electron chi connectivity index (χ2n) is 3.94. The van der Waals surface area contributed by atoms with E-state index < -0.39 is 0 Å². The zero-order chi connectivity index (χ0) is 13.4. The largest absolute Gasteiger partial charge is 0.396 e. The van der Waals surface area contributed by atoms with E-state index in [-0.39, 0.29) is 18.2 Å². The topological polar surface area (TPSA) is 104 Å². The number of hydrazine groups is 1. The number of hydrogen-bond acceptors (Lipinski definition) is 6. The van der Waals surface area contributed by atoms with Crippen LogP contribution < -0.4 is 11.3 Å². The molecule has 1 rings (SSSR count). The number of aromatic nitrogens is 2. The molecule has 100 valence electrons. The summed E-state index contributed by atoms with van der Waals surface area (Å²) in [5.41, 5.74) is 2.61. The number of carbonyl (C=O) groups excluding carboxylic acids is 1. The van der Waals surface area contributed by atoms with E-state index in [0.717, 1.165) is 19.3 Å². The van der Waals surface area contributed by atoms with Gasteiger partial charge in [-0.1, -0.05) is 0 Å². The molecule has 0 spiro atoms. The second-order valence-corrected chi connectivity index (χ2v) is 3.94. The molecule has 1 aromatic heterocycles. The van der Waals surface area contributed by atoms with E-state index in [2.05, 4.69) is 15.4 Å². The Kier molecular flexibility index (Phi) is 6.03. The van der Waals surface area contributed by atoms with Crippen molar-refractivity contribution >= 4 is 11.7 Å². The number of unbranched alkanes of at least 4 members (excludes halogenated alkanes) is 2. The summed E-state index contributed by atoms with van der Waals surface area (Å²) in [6, 6.07) is 0. The highest BCUT2D eigenvalue weighted by molar-refractivity contribution is 5.92. The molecule has 0 saturated carbocycles. The number of carbonyl (C=O) groups is 1. The standard InChI is InChI=1S/C11H19N5O2/c1-16(5-3-2-4-6-17)11(18)9-7-13-8-10(14-9)15-12/h7-8,17H,2-6,12H2,1H3,(H,14,15). The molecule has 0 unspecified atom stereocenters. The lowest BCUT2D eigenvalue weighted by Gasteiger charge is -2.16. The van der Waals surface area contributed by atoms with Crippen LogP contribution in [-0.4, -0.2) is 46.1 Å². The smallest absolute Gasteiger partial charge is 0.273 e. The molecule has 1 heterocycles. The van der Waals surface area contributed by atoms with E-state index in [9.17, 15) is 4.79 Å². The molecule has 0 atom stereocenters. The van der Waals surface area contributed by atoms with E-state index >= 15 is 0 Å². The molecule has 0 fully saturated rings. The summed E-state index contributed by atoms with van der Waals surface area (Å²) in [5.74, 6) is 5.37. The van der Waals surface area contributed by atoms with Gasteiger partial charge in [0.2, 0.25) is 0 Å². The second kappa shape index (κ2) is 7.57. The SMILES string of the molecule is CN(CCCCCO)C(=O)c1cncc(NN)n1.